The molecule has 5 nitrogen and oxygen atoms in total. The van der Waals surface area contributed by atoms with Crippen LogP contribution < -0.4 is 5.73 Å². The molecule has 26 heavy (non-hydrogen) atoms. The highest BCUT2D eigenvalue weighted by Gasteiger charge is 2.46. The number of rotatable bonds is 5. The van der Waals surface area contributed by atoms with E-state index in [0.29, 0.717) is 25.6 Å². The number of hydrogen-bond acceptors (Lipinski definition) is 3. The van der Waals surface area contributed by atoms with E-state index in [4.69, 9.17) is 5.73 Å². The van der Waals surface area contributed by atoms with Crippen molar-refractivity contribution in [3.05, 3.63) is 35.1 Å². The number of benzene rings is 1. The van der Waals surface area contributed by atoms with Crippen molar-refractivity contribution in [1.82, 2.24) is 9.80 Å². The summed E-state index contributed by atoms with van der Waals surface area (Å²) in [6.45, 7) is 2.84. The Kier molecular flexibility index (Phi) is 5.22. The van der Waals surface area contributed by atoms with E-state index in [1.807, 2.05) is 11.8 Å². The van der Waals surface area contributed by atoms with Crippen molar-refractivity contribution in [2.45, 2.75) is 50.7 Å². The summed E-state index contributed by atoms with van der Waals surface area (Å²) in [4.78, 5) is 27.9. The van der Waals surface area contributed by atoms with E-state index in [2.05, 4.69) is 0 Å². The maximum Gasteiger partial charge on any atom is 0.224 e. The molecule has 2 saturated heterocycles. The van der Waals surface area contributed by atoms with Gasteiger partial charge in [0.1, 0.15) is 5.82 Å². The topological polar surface area (TPSA) is 66.6 Å². The summed E-state index contributed by atoms with van der Waals surface area (Å²) in [5.74, 6) is -3.33. The standard InChI is InChI=1S/C18H22F3N3O2/c1-2-17(25)23-8-13-6-12(23)9-24(13)18(26)5-11(22)3-10-4-15(20)16(21)7-14(10)19/h4,7,11-13H,2-3,5-6,8-9,22H2,1H3/t11-,12?,13?/m1/s1. The van der Waals surface area contributed by atoms with Crippen LogP contribution in [0, 0.1) is 17.5 Å². The van der Waals surface area contributed by atoms with E-state index in [9.17, 15) is 22.8 Å². The first-order chi connectivity index (χ1) is 12.3. The zero-order valence-electron chi connectivity index (χ0n) is 14.6. The van der Waals surface area contributed by atoms with Crippen molar-refractivity contribution in [1.29, 1.82) is 0 Å². The van der Waals surface area contributed by atoms with Gasteiger partial charge >= 0.3 is 0 Å². The fourth-order valence-electron chi connectivity index (χ4n) is 3.90. The minimum absolute atomic E-state index is 0.00444. The van der Waals surface area contributed by atoms with Crippen LogP contribution in [0.3, 0.4) is 0 Å². The van der Waals surface area contributed by atoms with Gasteiger partial charge in [-0.25, -0.2) is 13.2 Å². The predicted molar refractivity (Wildman–Crippen MR) is 88.5 cm³/mol. The van der Waals surface area contributed by atoms with Gasteiger partial charge in [-0.2, -0.15) is 0 Å². The number of likely N-dealkylation sites (tertiary alicyclic amines) is 2. The number of carbonyl (C=O) groups is 2. The summed E-state index contributed by atoms with van der Waals surface area (Å²) >= 11 is 0. The van der Waals surface area contributed by atoms with Gasteiger partial charge in [-0.05, 0) is 24.5 Å². The van der Waals surface area contributed by atoms with Crippen LogP contribution in [-0.4, -0.2) is 52.8 Å². The van der Waals surface area contributed by atoms with Gasteiger partial charge in [0, 0.05) is 38.0 Å². The number of amides is 2. The number of piperazine rings is 1. The Morgan fingerprint density at radius 1 is 1.08 bits per heavy atom. The molecule has 0 aliphatic carbocycles. The summed E-state index contributed by atoms with van der Waals surface area (Å²) < 4.78 is 39.9. The minimum atomic E-state index is -1.25. The van der Waals surface area contributed by atoms with Crippen LogP contribution in [0.5, 0.6) is 0 Å². The van der Waals surface area contributed by atoms with E-state index in [-0.39, 0.29) is 42.3 Å². The summed E-state index contributed by atoms with van der Waals surface area (Å²) in [5, 5.41) is 0. The summed E-state index contributed by atoms with van der Waals surface area (Å²) in [5.41, 5.74) is 5.88. The Morgan fingerprint density at radius 3 is 2.23 bits per heavy atom. The highest BCUT2D eigenvalue weighted by molar-refractivity contribution is 5.80. The van der Waals surface area contributed by atoms with Crippen molar-refractivity contribution < 1.29 is 22.8 Å². The van der Waals surface area contributed by atoms with Crippen molar-refractivity contribution in [3.63, 3.8) is 0 Å². The molecule has 0 spiro atoms. The first-order valence-electron chi connectivity index (χ1n) is 8.78. The Bertz CT molecular complexity index is 728. The average molecular weight is 369 g/mol. The molecular formula is C18H22F3N3O2. The molecule has 1 aromatic rings. The lowest BCUT2D eigenvalue weighted by Gasteiger charge is -2.34. The fraction of sp³-hybridized carbons (Fsp3) is 0.556. The quantitative estimate of drug-likeness (QED) is 0.802. The monoisotopic (exact) mass is 369 g/mol. The van der Waals surface area contributed by atoms with Gasteiger partial charge in [0.2, 0.25) is 11.8 Å². The fourth-order valence-corrected chi connectivity index (χ4v) is 3.90. The van der Waals surface area contributed by atoms with Gasteiger partial charge in [-0.1, -0.05) is 6.92 Å². The number of hydrogen-bond donors (Lipinski definition) is 1. The third-order valence-corrected chi connectivity index (χ3v) is 5.19. The average Bonchev–Trinajstić information content (AvgIpc) is 3.19. The second kappa shape index (κ2) is 7.26. The lowest BCUT2D eigenvalue weighted by Crippen LogP contribution is -2.51. The maximum atomic E-state index is 13.7. The highest BCUT2D eigenvalue weighted by atomic mass is 19.2. The molecular weight excluding hydrogens is 347 g/mol. The van der Waals surface area contributed by atoms with Crippen LogP contribution in [0.25, 0.3) is 0 Å². The second-order valence-corrected chi connectivity index (χ2v) is 7.02. The number of carbonyl (C=O) groups excluding carboxylic acids is 2. The first kappa shape index (κ1) is 18.7. The molecule has 2 fully saturated rings. The molecule has 2 bridgehead atoms. The Balaban J connectivity index is 1.56. The summed E-state index contributed by atoms with van der Waals surface area (Å²) in [6, 6.07) is 0.611. The molecule has 0 aromatic heterocycles. The van der Waals surface area contributed by atoms with Crippen LogP contribution >= 0.6 is 0 Å². The third-order valence-electron chi connectivity index (χ3n) is 5.19. The van der Waals surface area contributed by atoms with Crippen molar-refractivity contribution in [2.75, 3.05) is 13.1 Å². The Hall–Kier alpha value is -2.09. The molecule has 2 heterocycles. The van der Waals surface area contributed by atoms with Gasteiger partial charge in [0.05, 0.1) is 12.1 Å². The molecule has 0 radical (unpaired) electrons. The zero-order valence-corrected chi connectivity index (χ0v) is 14.6. The molecule has 2 aliphatic rings. The zero-order chi connectivity index (χ0) is 19.0. The molecule has 8 heteroatoms. The predicted octanol–water partition coefficient (Wildman–Crippen LogP) is 1.59. The van der Waals surface area contributed by atoms with Crippen LogP contribution in [0.1, 0.15) is 31.7 Å². The molecule has 3 atom stereocenters. The van der Waals surface area contributed by atoms with Crippen LogP contribution in [0.2, 0.25) is 0 Å². The number of halogens is 3. The highest BCUT2D eigenvalue weighted by Crippen LogP contribution is 2.31. The van der Waals surface area contributed by atoms with E-state index in [1.54, 1.807) is 4.90 Å². The lowest BCUT2D eigenvalue weighted by atomic mass is 10.0. The first-order valence-corrected chi connectivity index (χ1v) is 8.78. The van der Waals surface area contributed by atoms with Crippen molar-refractivity contribution >= 4 is 11.8 Å². The van der Waals surface area contributed by atoms with Gasteiger partial charge in [-0.3, -0.25) is 9.59 Å². The Morgan fingerprint density at radius 2 is 1.65 bits per heavy atom. The minimum Gasteiger partial charge on any atom is -0.336 e. The third kappa shape index (κ3) is 3.56. The number of nitrogens with two attached hydrogens (primary N) is 1. The maximum absolute atomic E-state index is 13.7. The molecule has 3 rings (SSSR count). The SMILES string of the molecule is CCC(=O)N1CC2CC1CN2C(=O)C[C@H](N)Cc1cc(F)c(F)cc1F. The lowest BCUT2D eigenvalue weighted by molar-refractivity contribution is -0.139. The van der Waals surface area contributed by atoms with Crippen LogP contribution in [-0.2, 0) is 16.0 Å². The largest absolute Gasteiger partial charge is 0.336 e. The Labute approximate surface area is 149 Å². The van der Waals surface area contributed by atoms with Gasteiger partial charge in [0.15, 0.2) is 11.6 Å². The van der Waals surface area contributed by atoms with Gasteiger partial charge in [-0.15, -0.1) is 0 Å². The molecule has 2 N–H and O–H groups in total. The molecule has 0 saturated carbocycles. The van der Waals surface area contributed by atoms with Gasteiger partial charge in [0.25, 0.3) is 0 Å². The van der Waals surface area contributed by atoms with E-state index < -0.39 is 23.5 Å². The molecule has 142 valence electrons. The van der Waals surface area contributed by atoms with Crippen molar-refractivity contribution in [2.24, 2.45) is 5.73 Å². The number of fused-ring (bicyclic) bond motifs is 2. The summed E-state index contributed by atoms with van der Waals surface area (Å²) in [6.07, 6.45) is 1.15. The van der Waals surface area contributed by atoms with Crippen LogP contribution in [0.15, 0.2) is 12.1 Å². The molecule has 2 amide bonds. The smallest absolute Gasteiger partial charge is 0.224 e. The van der Waals surface area contributed by atoms with Gasteiger partial charge < -0.3 is 15.5 Å². The molecule has 2 unspecified atom stereocenters. The van der Waals surface area contributed by atoms with E-state index >= 15 is 0 Å². The van der Waals surface area contributed by atoms with E-state index in [1.165, 1.54) is 0 Å². The second-order valence-electron chi connectivity index (χ2n) is 7.02. The van der Waals surface area contributed by atoms with Crippen LogP contribution in [0.4, 0.5) is 13.2 Å². The van der Waals surface area contributed by atoms with E-state index in [0.717, 1.165) is 12.5 Å². The number of nitrogens with zero attached hydrogens (tertiary/aromatic N) is 2. The summed E-state index contributed by atoms with van der Waals surface area (Å²) in [7, 11) is 0. The normalized spacial score (nSPS) is 22.8. The molecule has 2 aliphatic heterocycles. The molecule has 1 aromatic carbocycles. The van der Waals surface area contributed by atoms with Crippen molar-refractivity contribution in [3.8, 4) is 0 Å².